The molecule has 0 bridgehead atoms. The zero-order chi connectivity index (χ0) is 40.7. The number of allylic oxidation sites excluding steroid dienone is 5. The van der Waals surface area contributed by atoms with Crippen LogP contribution in [-0.4, -0.2) is 88.7 Å². The highest BCUT2D eigenvalue weighted by Crippen LogP contribution is 2.42. The van der Waals surface area contributed by atoms with Crippen molar-refractivity contribution in [1.82, 2.24) is 0 Å². The van der Waals surface area contributed by atoms with E-state index in [1.54, 1.807) is 39.0 Å². The number of carbonyl (C=O) groups excluding carboxylic acids is 4. The van der Waals surface area contributed by atoms with Crippen LogP contribution < -0.4 is 0 Å². The van der Waals surface area contributed by atoms with E-state index in [0.717, 1.165) is 29.4 Å². The summed E-state index contributed by atoms with van der Waals surface area (Å²) >= 11 is 0. The molecule has 0 radical (unpaired) electrons. The van der Waals surface area contributed by atoms with Crippen LogP contribution in [0.25, 0.3) is 0 Å². The third kappa shape index (κ3) is 11.4. The number of hydrogen-bond acceptors (Lipinski definition) is 12. The Hall–Kier alpha value is -3.68. The summed E-state index contributed by atoms with van der Waals surface area (Å²) in [5.74, 6) is -7.57. The van der Waals surface area contributed by atoms with E-state index in [2.05, 4.69) is 4.74 Å². The first-order chi connectivity index (χ1) is 25.2. The number of aliphatic hydroxyl groups excluding tert-OH is 2. The molecule has 0 aromatic heterocycles. The van der Waals surface area contributed by atoms with Crippen molar-refractivity contribution in [2.24, 2.45) is 35.5 Å². The highest BCUT2D eigenvalue weighted by molar-refractivity contribution is 6.11. The first kappa shape index (κ1) is 44.7. The normalized spacial score (nSPS) is 37.1. The van der Waals surface area contributed by atoms with Crippen molar-refractivity contribution in [3.05, 3.63) is 70.9 Å². The Labute approximate surface area is 319 Å². The lowest BCUT2D eigenvalue weighted by molar-refractivity contribution is -0.329. The monoisotopic (exact) mass is 756 g/mol. The van der Waals surface area contributed by atoms with Crippen molar-refractivity contribution in [2.75, 3.05) is 7.11 Å². The second-order valence-electron chi connectivity index (χ2n) is 15.7. The quantitative estimate of drug-likeness (QED) is 0.121. The standard InChI is InChI=1S/C42H60O12/c1-22(2)38-28(8)33(51-34(43)16-15-31-20-35(44)52-41(31)48)21-42(49,54-38)30(10)37(46)29(9)39-32(50-11)14-12-13-23(3)17-25(5)36(45)26(6)18-24(4)19-27(7)40(47)53-39/h12-16,18-20,22,25-26,28-30,32-33,36-39,45-46,49H,17,21H2,1-11H3/b14-12+,16-15+,23-13+,24-18-,27-19-/t25-,26-,28+,29+,30+,32+,33-,36+,37-,38-,39+,42-/m1/s1. The molecular weight excluding hydrogens is 696 g/mol. The molecule has 300 valence electrons. The maximum Gasteiger partial charge on any atom is 0.346 e. The highest BCUT2D eigenvalue weighted by atomic mass is 16.6. The van der Waals surface area contributed by atoms with Gasteiger partial charge in [0, 0.05) is 54.9 Å². The number of ether oxygens (including phenoxy) is 5. The molecule has 3 aliphatic heterocycles. The van der Waals surface area contributed by atoms with E-state index in [9.17, 15) is 34.5 Å². The molecule has 3 heterocycles. The number of aliphatic hydroxyl groups is 3. The van der Waals surface area contributed by atoms with Gasteiger partial charge in [-0.25, -0.2) is 19.2 Å². The molecule has 54 heavy (non-hydrogen) atoms. The van der Waals surface area contributed by atoms with Crippen LogP contribution in [0.4, 0.5) is 0 Å². The molecule has 0 saturated carbocycles. The predicted octanol–water partition coefficient (Wildman–Crippen LogP) is 5.23. The summed E-state index contributed by atoms with van der Waals surface area (Å²) in [5.41, 5.74) is 2.03. The van der Waals surface area contributed by atoms with Gasteiger partial charge in [-0.1, -0.05) is 83.9 Å². The van der Waals surface area contributed by atoms with Gasteiger partial charge in [-0.3, -0.25) is 0 Å². The Morgan fingerprint density at radius 2 is 1.69 bits per heavy atom. The summed E-state index contributed by atoms with van der Waals surface area (Å²) in [4.78, 5) is 49.7. The molecular formula is C42H60O12. The van der Waals surface area contributed by atoms with Gasteiger partial charge >= 0.3 is 23.9 Å². The molecule has 12 nitrogen and oxygen atoms in total. The first-order valence-electron chi connectivity index (χ1n) is 18.8. The Kier molecular flexibility index (Phi) is 15.9. The third-order valence-electron chi connectivity index (χ3n) is 10.8. The van der Waals surface area contributed by atoms with E-state index in [-0.39, 0.29) is 35.7 Å². The minimum atomic E-state index is -1.98. The lowest BCUT2D eigenvalue weighted by Crippen LogP contribution is -2.59. The highest BCUT2D eigenvalue weighted by Gasteiger charge is 2.53. The van der Waals surface area contributed by atoms with Gasteiger partial charge in [-0.2, -0.15) is 0 Å². The summed E-state index contributed by atoms with van der Waals surface area (Å²) in [6.07, 6.45) is 7.52. The lowest BCUT2D eigenvalue weighted by atomic mass is 9.76. The number of methoxy groups -OCH3 is 1. The Morgan fingerprint density at radius 1 is 1.02 bits per heavy atom. The van der Waals surface area contributed by atoms with Crippen molar-refractivity contribution in [1.29, 1.82) is 0 Å². The zero-order valence-electron chi connectivity index (χ0n) is 33.5. The second kappa shape index (κ2) is 19.3. The zero-order valence-corrected chi connectivity index (χ0v) is 33.5. The Morgan fingerprint density at radius 3 is 2.28 bits per heavy atom. The Bertz CT molecular complexity index is 1570. The van der Waals surface area contributed by atoms with Crippen molar-refractivity contribution in [3.63, 3.8) is 0 Å². The average Bonchev–Trinajstić information content (AvgIpc) is 3.43. The van der Waals surface area contributed by atoms with Crippen molar-refractivity contribution >= 4 is 23.9 Å². The van der Waals surface area contributed by atoms with Crippen molar-refractivity contribution < 1.29 is 58.2 Å². The van der Waals surface area contributed by atoms with Crippen LogP contribution in [-0.2, 0) is 42.9 Å². The third-order valence-corrected chi connectivity index (χ3v) is 10.8. The van der Waals surface area contributed by atoms with Crippen LogP contribution in [0.5, 0.6) is 0 Å². The molecule has 0 aliphatic carbocycles. The number of carbonyl (C=O) groups is 4. The molecule has 0 amide bonds. The molecule has 3 N–H and O–H groups in total. The maximum atomic E-state index is 13.6. The lowest BCUT2D eigenvalue weighted by Gasteiger charge is -2.50. The molecule has 1 fully saturated rings. The second-order valence-corrected chi connectivity index (χ2v) is 15.7. The van der Waals surface area contributed by atoms with Crippen molar-refractivity contribution in [3.8, 4) is 0 Å². The topological polar surface area (TPSA) is 175 Å². The summed E-state index contributed by atoms with van der Waals surface area (Å²) in [6.45, 7) is 18.4. The summed E-state index contributed by atoms with van der Waals surface area (Å²) in [6, 6.07) is 0. The molecule has 3 rings (SSSR count). The molecule has 12 atom stereocenters. The molecule has 0 aromatic rings. The van der Waals surface area contributed by atoms with Gasteiger partial charge in [-0.15, -0.1) is 0 Å². The minimum Gasteiger partial charge on any atom is -0.459 e. The van der Waals surface area contributed by atoms with Crippen LogP contribution in [0.15, 0.2) is 70.9 Å². The summed E-state index contributed by atoms with van der Waals surface area (Å²) in [7, 11) is 1.48. The largest absolute Gasteiger partial charge is 0.459 e. The molecule has 3 aliphatic rings. The molecule has 0 unspecified atom stereocenters. The fourth-order valence-corrected chi connectivity index (χ4v) is 7.53. The van der Waals surface area contributed by atoms with Gasteiger partial charge in [0.25, 0.3) is 0 Å². The maximum absolute atomic E-state index is 13.6. The average molecular weight is 757 g/mol. The fourth-order valence-electron chi connectivity index (χ4n) is 7.53. The van der Waals surface area contributed by atoms with Gasteiger partial charge < -0.3 is 39.0 Å². The van der Waals surface area contributed by atoms with E-state index in [1.807, 2.05) is 60.6 Å². The summed E-state index contributed by atoms with van der Waals surface area (Å²) < 4.78 is 28.5. The van der Waals surface area contributed by atoms with Crippen LogP contribution in [0.1, 0.15) is 82.1 Å². The molecule has 0 spiro atoms. The number of rotatable bonds is 9. The van der Waals surface area contributed by atoms with Gasteiger partial charge in [0.1, 0.15) is 18.3 Å². The molecule has 12 heteroatoms. The number of hydrogen-bond donors (Lipinski definition) is 3. The van der Waals surface area contributed by atoms with Crippen molar-refractivity contribution in [2.45, 2.75) is 124 Å². The Balaban J connectivity index is 1.94. The van der Waals surface area contributed by atoms with E-state index in [1.165, 1.54) is 7.11 Å². The van der Waals surface area contributed by atoms with Gasteiger partial charge in [-0.05, 0) is 51.2 Å². The van der Waals surface area contributed by atoms with E-state index < -0.39 is 78.1 Å². The predicted molar refractivity (Wildman–Crippen MR) is 201 cm³/mol. The van der Waals surface area contributed by atoms with Gasteiger partial charge in [0.05, 0.1) is 23.9 Å². The van der Waals surface area contributed by atoms with E-state index in [4.69, 9.17) is 18.9 Å². The smallest absolute Gasteiger partial charge is 0.346 e. The molecule has 0 aromatic carbocycles. The summed E-state index contributed by atoms with van der Waals surface area (Å²) in [5, 5.41) is 35.1. The minimum absolute atomic E-state index is 0.0211. The van der Waals surface area contributed by atoms with Gasteiger partial charge in [0.15, 0.2) is 5.79 Å². The van der Waals surface area contributed by atoms with E-state index >= 15 is 0 Å². The SMILES string of the molecule is CO[C@H]1/C=C/C=C(\C)C[C@@H](C)[C@H](O)[C@H](C)/C=C(C)\C=C(\C)C(=O)O[C@H]1[C@@H](C)[C@@H](O)[C@H](C)[C@@]1(O)C[C@@H](OC(=O)/C=C/C2=CC(=O)OC2=O)[C@H](C)[C@@H](C(C)C)O1. The van der Waals surface area contributed by atoms with Crippen LogP contribution in [0, 0.1) is 35.5 Å². The number of esters is 4. The van der Waals surface area contributed by atoms with E-state index in [0.29, 0.717) is 12.0 Å². The van der Waals surface area contributed by atoms with Crippen LogP contribution >= 0.6 is 0 Å². The van der Waals surface area contributed by atoms with Crippen LogP contribution in [0.2, 0.25) is 0 Å². The molecule has 1 saturated heterocycles. The van der Waals surface area contributed by atoms with Crippen LogP contribution in [0.3, 0.4) is 0 Å². The fraction of sp³-hybridized carbons (Fsp3) is 0.619. The first-order valence-corrected chi connectivity index (χ1v) is 18.8. The van der Waals surface area contributed by atoms with Gasteiger partial charge in [0.2, 0.25) is 0 Å². The number of cyclic esters (lactones) is 3.